The summed E-state index contributed by atoms with van der Waals surface area (Å²) in [4.78, 5) is 12.1. The Morgan fingerprint density at radius 2 is 1.53 bits per heavy atom. The van der Waals surface area contributed by atoms with Gasteiger partial charge < -0.3 is 4.42 Å². The molecular formula is C17H14O2. The number of fused-ring (bicyclic) bond motifs is 4. The van der Waals surface area contributed by atoms with Gasteiger partial charge in [-0.2, -0.15) is 0 Å². The van der Waals surface area contributed by atoms with Crippen molar-refractivity contribution >= 4 is 21.7 Å². The van der Waals surface area contributed by atoms with Crippen LogP contribution in [0.2, 0.25) is 0 Å². The summed E-state index contributed by atoms with van der Waals surface area (Å²) in [5.41, 5.74) is 3.17. The van der Waals surface area contributed by atoms with Gasteiger partial charge in [0.05, 0.1) is 5.39 Å². The predicted molar refractivity (Wildman–Crippen MR) is 76.6 cm³/mol. The molecule has 1 aromatic heterocycles. The van der Waals surface area contributed by atoms with Crippen LogP contribution in [0.25, 0.3) is 21.7 Å². The molecule has 0 bridgehead atoms. The Labute approximate surface area is 110 Å². The lowest BCUT2D eigenvalue weighted by Crippen LogP contribution is -2.06. The van der Waals surface area contributed by atoms with E-state index in [1.807, 2.05) is 30.3 Å². The monoisotopic (exact) mass is 250 g/mol. The Kier molecular flexibility index (Phi) is 2.25. The van der Waals surface area contributed by atoms with Crippen LogP contribution in [0.5, 0.6) is 0 Å². The van der Waals surface area contributed by atoms with Crippen LogP contribution >= 0.6 is 0 Å². The molecule has 0 radical (unpaired) electrons. The quantitative estimate of drug-likeness (QED) is 0.448. The highest BCUT2D eigenvalue weighted by atomic mass is 16.4. The molecule has 0 fully saturated rings. The second-order valence-corrected chi connectivity index (χ2v) is 5.26. The molecule has 4 rings (SSSR count). The molecule has 2 nitrogen and oxygen atoms in total. The molecule has 0 atom stereocenters. The van der Waals surface area contributed by atoms with Crippen molar-refractivity contribution in [1.82, 2.24) is 0 Å². The fourth-order valence-electron chi connectivity index (χ4n) is 3.11. The summed E-state index contributed by atoms with van der Waals surface area (Å²) in [7, 11) is 0. The van der Waals surface area contributed by atoms with Crippen LogP contribution in [0.4, 0.5) is 0 Å². The van der Waals surface area contributed by atoms with E-state index in [2.05, 4.69) is 6.07 Å². The zero-order valence-electron chi connectivity index (χ0n) is 10.6. The van der Waals surface area contributed by atoms with Crippen molar-refractivity contribution in [2.75, 3.05) is 0 Å². The first-order chi connectivity index (χ1) is 9.33. The van der Waals surface area contributed by atoms with Crippen LogP contribution in [0.1, 0.15) is 24.0 Å². The molecule has 94 valence electrons. The third-order valence-electron chi connectivity index (χ3n) is 4.08. The first kappa shape index (κ1) is 10.8. The summed E-state index contributed by atoms with van der Waals surface area (Å²) in [6.07, 6.45) is 4.67. The fourth-order valence-corrected chi connectivity index (χ4v) is 3.11. The highest BCUT2D eigenvalue weighted by Gasteiger charge is 2.14. The number of hydrogen-bond donors (Lipinski definition) is 0. The molecule has 1 aliphatic carbocycles. The van der Waals surface area contributed by atoms with E-state index in [-0.39, 0.29) is 5.63 Å². The molecule has 2 aromatic carbocycles. The Bertz CT molecular complexity index is 843. The van der Waals surface area contributed by atoms with Gasteiger partial charge in [0.2, 0.25) is 0 Å². The van der Waals surface area contributed by atoms with Crippen molar-refractivity contribution in [3.8, 4) is 0 Å². The normalized spacial score (nSPS) is 14.7. The highest BCUT2D eigenvalue weighted by molar-refractivity contribution is 6.04. The van der Waals surface area contributed by atoms with Gasteiger partial charge in [-0.15, -0.1) is 0 Å². The maximum Gasteiger partial charge on any atom is 0.344 e. The van der Waals surface area contributed by atoms with Crippen molar-refractivity contribution < 1.29 is 4.42 Å². The minimum Gasteiger partial charge on any atom is -0.422 e. The summed E-state index contributed by atoms with van der Waals surface area (Å²) in [5.74, 6) is 0. The van der Waals surface area contributed by atoms with Crippen LogP contribution in [-0.4, -0.2) is 0 Å². The van der Waals surface area contributed by atoms with Gasteiger partial charge in [-0.1, -0.05) is 18.2 Å². The molecule has 0 aliphatic heterocycles. The minimum atomic E-state index is -0.220. The summed E-state index contributed by atoms with van der Waals surface area (Å²) in [5, 5.41) is 2.79. The number of rotatable bonds is 0. The van der Waals surface area contributed by atoms with Gasteiger partial charge in [-0.05, 0) is 55.0 Å². The number of hydrogen-bond acceptors (Lipinski definition) is 2. The van der Waals surface area contributed by atoms with Crippen molar-refractivity contribution in [3.05, 3.63) is 57.9 Å². The van der Waals surface area contributed by atoms with E-state index in [0.29, 0.717) is 5.58 Å². The zero-order valence-corrected chi connectivity index (χ0v) is 10.6. The van der Waals surface area contributed by atoms with E-state index >= 15 is 0 Å². The van der Waals surface area contributed by atoms with E-state index in [9.17, 15) is 4.79 Å². The van der Waals surface area contributed by atoms with E-state index in [4.69, 9.17) is 4.42 Å². The lowest BCUT2D eigenvalue weighted by Gasteiger charge is -2.16. The number of para-hydroxylation sites is 1. The molecule has 0 amide bonds. The summed E-state index contributed by atoms with van der Waals surface area (Å²) in [6.45, 7) is 0. The van der Waals surface area contributed by atoms with Crippen LogP contribution < -0.4 is 5.63 Å². The molecule has 1 heterocycles. The molecule has 0 saturated carbocycles. The maximum absolute atomic E-state index is 12.1. The van der Waals surface area contributed by atoms with Crippen molar-refractivity contribution in [3.63, 3.8) is 0 Å². The average Bonchev–Trinajstić information content (AvgIpc) is 2.46. The Morgan fingerprint density at radius 1 is 0.842 bits per heavy atom. The van der Waals surface area contributed by atoms with Crippen LogP contribution in [0.3, 0.4) is 0 Å². The van der Waals surface area contributed by atoms with Crippen LogP contribution in [-0.2, 0) is 12.8 Å². The molecule has 0 spiro atoms. The first-order valence-corrected chi connectivity index (χ1v) is 6.80. The van der Waals surface area contributed by atoms with Crippen molar-refractivity contribution in [2.45, 2.75) is 25.7 Å². The van der Waals surface area contributed by atoms with Crippen molar-refractivity contribution in [1.29, 1.82) is 0 Å². The predicted octanol–water partition coefficient (Wildman–Crippen LogP) is 3.83. The molecule has 19 heavy (non-hydrogen) atoms. The van der Waals surface area contributed by atoms with Crippen LogP contribution in [0.15, 0.2) is 45.6 Å². The van der Waals surface area contributed by atoms with Gasteiger partial charge in [0.15, 0.2) is 0 Å². The molecule has 0 saturated heterocycles. The van der Waals surface area contributed by atoms with Crippen molar-refractivity contribution in [2.24, 2.45) is 0 Å². The molecule has 3 aromatic rings. The second kappa shape index (κ2) is 3.95. The van der Waals surface area contributed by atoms with Crippen LogP contribution in [0, 0.1) is 0 Å². The summed E-state index contributed by atoms with van der Waals surface area (Å²) in [6, 6.07) is 12.0. The lowest BCUT2D eigenvalue weighted by atomic mass is 9.89. The summed E-state index contributed by atoms with van der Waals surface area (Å²) >= 11 is 0. The topological polar surface area (TPSA) is 30.2 Å². The Balaban J connectivity index is 2.19. The first-order valence-electron chi connectivity index (χ1n) is 6.80. The number of benzene rings is 2. The molecule has 2 heteroatoms. The Hall–Kier alpha value is -2.09. The zero-order chi connectivity index (χ0) is 12.8. The van der Waals surface area contributed by atoms with E-state index in [1.165, 1.54) is 24.0 Å². The molecule has 1 aliphatic rings. The molecule has 0 unspecified atom stereocenters. The standard InChI is InChI=1S/C17H14O2/c18-17-15-10-12-6-2-1-5-11(12)9-14(15)13-7-3-4-8-16(13)19-17/h3-4,7-10H,1-2,5-6H2. The lowest BCUT2D eigenvalue weighted by molar-refractivity contribution is 0.569. The largest absolute Gasteiger partial charge is 0.422 e. The average molecular weight is 250 g/mol. The van der Waals surface area contributed by atoms with Gasteiger partial charge in [-0.3, -0.25) is 0 Å². The van der Waals surface area contributed by atoms with E-state index in [0.717, 1.165) is 29.0 Å². The molecular weight excluding hydrogens is 236 g/mol. The van der Waals surface area contributed by atoms with E-state index < -0.39 is 0 Å². The highest BCUT2D eigenvalue weighted by Crippen LogP contribution is 2.29. The Morgan fingerprint density at radius 3 is 2.32 bits per heavy atom. The van der Waals surface area contributed by atoms with Gasteiger partial charge in [-0.25, -0.2) is 4.79 Å². The smallest absolute Gasteiger partial charge is 0.344 e. The van der Waals surface area contributed by atoms with Gasteiger partial charge in [0.25, 0.3) is 0 Å². The SMILES string of the molecule is O=c1oc2ccccc2c2cc3c(cc12)CCCC3. The van der Waals surface area contributed by atoms with E-state index in [1.54, 1.807) is 0 Å². The number of aryl methyl sites for hydroxylation is 2. The fraction of sp³-hybridized carbons (Fsp3) is 0.235. The third kappa shape index (κ3) is 1.60. The van der Waals surface area contributed by atoms with Gasteiger partial charge >= 0.3 is 5.63 Å². The van der Waals surface area contributed by atoms with Gasteiger partial charge in [0.1, 0.15) is 5.58 Å². The second-order valence-electron chi connectivity index (χ2n) is 5.26. The maximum atomic E-state index is 12.1. The minimum absolute atomic E-state index is 0.220. The molecule has 0 N–H and O–H groups in total. The van der Waals surface area contributed by atoms with Gasteiger partial charge in [0, 0.05) is 10.8 Å². The summed E-state index contributed by atoms with van der Waals surface area (Å²) < 4.78 is 5.41. The third-order valence-corrected chi connectivity index (χ3v) is 4.08.